The van der Waals surface area contributed by atoms with E-state index in [-0.39, 0.29) is 6.42 Å². The molecule has 0 aromatic rings. The predicted molar refractivity (Wildman–Crippen MR) is 57.4 cm³/mol. The third-order valence-corrected chi connectivity index (χ3v) is 2.75. The van der Waals surface area contributed by atoms with Gasteiger partial charge in [-0.3, -0.25) is 14.5 Å². The van der Waals surface area contributed by atoms with E-state index in [1.165, 1.54) is 0 Å². The number of piperazine rings is 1. The summed E-state index contributed by atoms with van der Waals surface area (Å²) in [6, 6.07) is -0.540. The van der Waals surface area contributed by atoms with Crippen LogP contribution in [0.15, 0.2) is 0 Å². The maximum Gasteiger partial charge on any atom is 0.320 e. The summed E-state index contributed by atoms with van der Waals surface area (Å²) < 4.78 is 0. The molecule has 3 N–H and O–H groups in total. The van der Waals surface area contributed by atoms with Gasteiger partial charge in [-0.15, -0.1) is 0 Å². The topological polar surface area (TPSA) is 89.9 Å². The van der Waals surface area contributed by atoms with E-state index >= 15 is 0 Å². The summed E-state index contributed by atoms with van der Waals surface area (Å²) in [6.07, 6.45) is 0.855. The SMILES string of the molecule is O=C(O)CCCC(C(=O)O)N1CCNCC1. The summed E-state index contributed by atoms with van der Waals surface area (Å²) in [5.74, 6) is -1.73. The molecular formula is C10H18N2O4. The molecule has 1 heterocycles. The second-order valence-electron chi connectivity index (χ2n) is 3.93. The second-order valence-corrected chi connectivity index (χ2v) is 3.93. The molecule has 1 atom stereocenters. The van der Waals surface area contributed by atoms with Crippen LogP contribution in [0, 0.1) is 0 Å². The first-order chi connectivity index (χ1) is 7.61. The Kier molecular flexibility index (Phi) is 5.21. The summed E-state index contributed by atoms with van der Waals surface area (Å²) in [7, 11) is 0. The van der Waals surface area contributed by atoms with Gasteiger partial charge in [0.25, 0.3) is 0 Å². The van der Waals surface area contributed by atoms with E-state index in [0.29, 0.717) is 25.9 Å². The highest BCUT2D eigenvalue weighted by Crippen LogP contribution is 2.10. The van der Waals surface area contributed by atoms with E-state index in [4.69, 9.17) is 10.2 Å². The van der Waals surface area contributed by atoms with E-state index in [0.717, 1.165) is 13.1 Å². The number of rotatable bonds is 6. The highest BCUT2D eigenvalue weighted by molar-refractivity contribution is 5.73. The average Bonchev–Trinajstić information content (AvgIpc) is 2.25. The zero-order valence-corrected chi connectivity index (χ0v) is 9.19. The average molecular weight is 230 g/mol. The van der Waals surface area contributed by atoms with Crippen LogP contribution in [0.4, 0.5) is 0 Å². The zero-order chi connectivity index (χ0) is 12.0. The first-order valence-electron chi connectivity index (χ1n) is 5.50. The number of hydrogen-bond donors (Lipinski definition) is 3. The largest absolute Gasteiger partial charge is 0.481 e. The van der Waals surface area contributed by atoms with Gasteiger partial charge in [0.1, 0.15) is 6.04 Å². The van der Waals surface area contributed by atoms with Crippen molar-refractivity contribution in [3.63, 3.8) is 0 Å². The molecule has 92 valence electrons. The van der Waals surface area contributed by atoms with Crippen molar-refractivity contribution in [2.45, 2.75) is 25.3 Å². The van der Waals surface area contributed by atoms with Gasteiger partial charge in [-0.2, -0.15) is 0 Å². The summed E-state index contributed by atoms with van der Waals surface area (Å²) in [4.78, 5) is 23.3. The highest BCUT2D eigenvalue weighted by atomic mass is 16.4. The Hall–Kier alpha value is -1.14. The number of nitrogens with one attached hydrogen (secondary N) is 1. The molecule has 6 nitrogen and oxygen atoms in total. The molecule has 0 spiro atoms. The van der Waals surface area contributed by atoms with Gasteiger partial charge < -0.3 is 15.5 Å². The van der Waals surface area contributed by atoms with E-state index < -0.39 is 18.0 Å². The molecule has 1 aliphatic heterocycles. The van der Waals surface area contributed by atoms with Gasteiger partial charge in [-0.05, 0) is 12.8 Å². The lowest BCUT2D eigenvalue weighted by molar-refractivity contribution is -0.144. The van der Waals surface area contributed by atoms with E-state index in [1.54, 1.807) is 0 Å². The lowest BCUT2D eigenvalue weighted by atomic mass is 10.1. The molecule has 0 aromatic carbocycles. The van der Waals surface area contributed by atoms with Crippen molar-refractivity contribution in [1.29, 1.82) is 0 Å². The van der Waals surface area contributed by atoms with E-state index in [1.807, 2.05) is 4.90 Å². The fraction of sp³-hybridized carbons (Fsp3) is 0.800. The number of carboxylic acid groups (broad SMARTS) is 2. The Labute approximate surface area is 94.2 Å². The number of carboxylic acids is 2. The van der Waals surface area contributed by atoms with Crippen LogP contribution in [0.3, 0.4) is 0 Å². The van der Waals surface area contributed by atoms with Crippen LogP contribution >= 0.6 is 0 Å². The molecule has 1 aliphatic rings. The van der Waals surface area contributed by atoms with Gasteiger partial charge in [0, 0.05) is 32.6 Å². The Morgan fingerprint density at radius 3 is 2.38 bits per heavy atom. The smallest absolute Gasteiger partial charge is 0.320 e. The van der Waals surface area contributed by atoms with Crippen molar-refractivity contribution in [2.24, 2.45) is 0 Å². The van der Waals surface area contributed by atoms with Crippen molar-refractivity contribution in [2.75, 3.05) is 26.2 Å². The first kappa shape index (κ1) is 12.9. The Bertz CT molecular complexity index is 251. The van der Waals surface area contributed by atoms with Crippen molar-refractivity contribution < 1.29 is 19.8 Å². The van der Waals surface area contributed by atoms with Gasteiger partial charge in [-0.1, -0.05) is 0 Å². The van der Waals surface area contributed by atoms with Gasteiger partial charge in [0.2, 0.25) is 0 Å². The zero-order valence-electron chi connectivity index (χ0n) is 9.19. The summed E-state index contributed by atoms with van der Waals surface area (Å²) in [6.45, 7) is 3.01. The van der Waals surface area contributed by atoms with Gasteiger partial charge in [-0.25, -0.2) is 0 Å². The number of nitrogens with zero attached hydrogens (tertiary/aromatic N) is 1. The molecule has 0 bridgehead atoms. The predicted octanol–water partition coefficient (Wildman–Crippen LogP) is -0.400. The molecule has 0 amide bonds. The molecule has 1 fully saturated rings. The van der Waals surface area contributed by atoms with Crippen LogP contribution in [0.5, 0.6) is 0 Å². The lowest BCUT2D eigenvalue weighted by Crippen LogP contribution is -2.51. The third kappa shape index (κ3) is 4.16. The summed E-state index contributed by atoms with van der Waals surface area (Å²) in [5, 5.41) is 20.7. The van der Waals surface area contributed by atoms with Crippen LogP contribution in [0.1, 0.15) is 19.3 Å². The standard InChI is InChI=1S/C10H18N2O4/c13-9(14)3-1-2-8(10(15)16)12-6-4-11-5-7-12/h8,11H,1-7H2,(H,13,14)(H,15,16). The molecule has 0 aliphatic carbocycles. The fourth-order valence-electron chi connectivity index (χ4n) is 1.90. The fourth-order valence-corrected chi connectivity index (χ4v) is 1.90. The summed E-state index contributed by atoms with van der Waals surface area (Å²) >= 11 is 0. The molecule has 6 heteroatoms. The van der Waals surface area contributed by atoms with Crippen molar-refractivity contribution >= 4 is 11.9 Å². The molecule has 1 unspecified atom stereocenters. The maximum absolute atomic E-state index is 11.1. The van der Waals surface area contributed by atoms with Crippen molar-refractivity contribution in [1.82, 2.24) is 10.2 Å². The van der Waals surface area contributed by atoms with Crippen LogP contribution < -0.4 is 5.32 Å². The minimum absolute atomic E-state index is 0.0376. The third-order valence-electron chi connectivity index (χ3n) is 2.75. The van der Waals surface area contributed by atoms with Crippen LogP contribution in [-0.2, 0) is 9.59 Å². The second kappa shape index (κ2) is 6.44. The molecule has 1 saturated heterocycles. The maximum atomic E-state index is 11.1. The molecule has 0 saturated carbocycles. The molecule has 0 radical (unpaired) electrons. The Morgan fingerprint density at radius 1 is 1.25 bits per heavy atom. The van der Waals surface area contributed by atoms with Gasteiger partial charge in [0.05, 0.1) is 0 Å². The van der Waals surface area contributed by atoms with E-state index in [2.05, 4.69) is 5.32 Å². The van der Waals surface area contributed by atoms with Crippen LogP contribution in [0.2, 0.25) is 0 Å². The quantitative estimate of drug-likeness (QED) is 0.575. The molecule has 1 rings (SSSR count). The first-order valence-corrected chi connectivity index (χ1v) is 5.50. The number of hydrogen-bond acceptors (Lipinski definition) is 4. The monoisotopic (exact) mass is 230 g/mol. The summed E-state index contributed by atoms with van der Waals surface area (Å²) in [5.41, 5.74) is 0. The van der Waals surface area contributed by atoms with Crippen LogP contribution in [0.25, 0.3) is 0 Å². The molecule has 16 heavy (non-hydrogen) atoms. The van der Waals surface area contributed by atoms with Gasteiger partial charge >= 0.3 is 11.9 Å². The lowest BCUT2D eigenvalue weighted by Gasteiger charge is -2.32. The van der Waals surface area contributed by atoms with Crippen molar-refractivity contribution in [3.05, 3.63) is 0 Å². The van der Waals surface area contributed by atoms with E-state index in [9.17, 15) is 9.59 Å². The van der Waals surface area contributed by atoms with Crippen molar-refractivity contribution in [3.8, 4) is 0 Å². The molecular weight excluding hydrogens is 212 g/mol. The highest BCUT2D eigenvalue weighted by Gasteiger charge is 2.26. The number of aliphatic carboxylic acids is 2. The minimum Gasteiger partial charge on any atom is -0.481 e. The Morgan fingerprint density at radius 2 is 1.88 bits per heavy atom. The van der Waals surface area contributed by atoms with Crippen LogP contribution in [-0.4, -0.2) is 59.3 Å². The number of carbonyl (C=O) groups is 2. The Balaban J connectivity index is 2.40. The normalized spacial score (nSPS) is 19.2. The molecule has 0 aromatic heterocycles. The minimum atomic E-state index is -0.871. The van der Waals surface area contributed by atoms with Gasteiger partial charge in [0.15, 0.2) is 0 Å².